The number of benzene rings is 2. The zero-order valence-electron chi connectivity index (χ0n) is 18.3. The van der Waals surface area contributed by atoms with E-state index >= 15 is 0 Å². The summed E-state index contributed by atoms with van der Waals surface area (Å²) in [5, 5.41) is 4.58. The summed E-state index contributed by atoms with van der Waals surface area (Å²) >= 11 is 5.89. The first-order chi connectivity index (χ1) is 15.9. The van der Waals surface area contributed by atoms with Crippen LogP contribution in [-0.4, -0.2) is 31.5 Å². The fraction of sp³-hybridized carbons (Fsp3) is 0.261. The number of fused-ring (bicyclic) bond motifs is 1. The number of nitrogens with zero attached hydrogens (tertiary/aromatic N) is 4. The first kappa shape index (κ1) is 22.5. The molecule has 0 saturated carbocycles. The summed E-state index contributed by atoms with van der Waals surface area (Å²) in [5.74, 6) is 1.08. The quantitative estimate of drug-likeness (QED) is 0.400. The molecule has 4 rings (SSSR count). The Morgan fingerprint density at radius 1 is 1.09 bits per heavy atom. The number of carbonyl (C=O) groups is 2. The molecule has 33 heavy (non-hydrogen) atoms. The van der Waals surface area contributed by atoms with Gasteiger partial charge >= 0.3 is 0 Å². The molecule has 10 heteroatoms. The number of rotatable bonds is 7. The predicted molar refractivity (Wildman–Crippen MR) is 123 cm³/mol. The molecule has 0 saturated heterocycles. The molecule has 0 aliphatic carbocycles. The Morgan fingerprint density at radius 2 is 1.88 bits per heavy atom. The van der Waals surface area contributed by atoms with E-state index in [4.69, 9.17) is 16.1 Å². The number of hydrogen-bond donors (Lipinski definition) is 2. The van der Waals surface area contributed by atoms with E-state index in [1.807, 2.05) is 19.9 Å². The monoisotopic (exact) mass is 466 g/mol. The Bertz CT molecular complexity index is 1300. The third-order valence-corrected chi connectivity index (χ3v) is 5.45. The molecule has 4 aromatic rings. The maximum absolute atomic E-state index is 12.4. The first-order valence-corrected chi connectivity index (χ1v) is 11.0. The lowest BCUT2D eigenvalue weighted by molar-refractivity contribution is -0.121. The Balaban J connectivity index is 1.25. The molecule has 0 atom stereocenters. The molecule has 0 unspecified atom stereocenters. The second kappa shape index (κ2) is 9.83. The average molecular weight is 467 g/mol. The van der Waals surface area contributed by atoms with Crippen molar-refractivity contribution in [2.45, 2.75) is 39.7 Å². The summed E-state index contributed by atoms with van der Waals surface area (Å²) in [6, 6.07) is 12.4. The van der Waals surface area contributed by atoms with Crippen LogP contribution in [0.2, 0.25) is 5.02 Å². The SMILES string of the molecule is CCn1c(C)nc2cc(C(=O)NNC(=O)CCCc3nc(-c4ccc(Cl)cc4)no3)ccc21. The highest BCUT2D eigenvalue weighted by atomic mass is 35.5. The number of nitrogens with one attached hydrogen (secondary N) is 2. The lowest BCUT2D eigenvalue weighted by Crippen LogP contribution is -2.41. The van der Waals surface area contributed by atoms with Crippen LogP contribution in [0.1, 0.15) is 41.8 Å². The van der Waals surface area contributed by atoms with Gasteiger partial charge in [0.25, 0.3) is 5.91 Å². The van der Waals surface area contributed by atoms with Crippen molar-refractivity contribution in [3.8, 4) is 11.4 Å². The molecule has 0 spiro atoms. The molecule has 2 aromatic heterocycles. The van der Waals surface area contributed by atoms with E-state index in [1.54, 1.807) is 36.4 Å². The number of carbonyl (C=O) groups excluding carboxylic acids is 2. The van der Waals surface area contributed by atoms with Crippen molar-refractivity contribution in [1.82, 2.24) is 30.5 Å². The molecule has 0 fully saturated rings. The first-order valence-electron chi connectivity index (χ1n) is 10.6. The second-order valence-electron chi connectivity index (χ2n) is 7.48. The zero-order valence-corrected chi connectivity index (χ0v) is 19.0. The molecular formula is C23H23ClN6O3. The average Bonchev–Trinajstić information content (AvgIpc) is 3.40. The van der Waals surface area contributed by atoms with Gasteiger partial charge in [0.2, 0.25) is 17.6 Å². The van der Waals surface area contributed by atoms with Crippen LogP contribution in [0.25, 0.3) is 22.4 Å². The molecule has 0 bridgehead atoms. The number of amides is 2. The minimum Gasteiger partial charge on any atom is -0.339 e. The van der Waals surface area contributed by atoms with Crippen LogP contribution in [0.5, 0.6) is 0 Å². The van der Waals surface area contributed by atoms with Crippen LogP contribution in [0.3, 0.4) is 0 Å². The lowest BCUT2D eigenvalue weighted by Gasteiger charge is -2.07. The summed E-state index contributed by atoms with van der Waals surface area (Å²) in [4.78, 5) is 33.3. The summed E-state index contributed by atoms with van der Waals surface area (Å²) in [7, 11) is 0. The summed E-state index contributed by atoms with van der Waals surface area (Å²) in [6.07, 6.45) is 1.12. The van der Waals surface area contributed by atoms with Crippen LogP contribution < -0.4 is 10.9 Å². The Labute approximate surface area is 195 Å². The molecular weight excluding hydrogens is 444 g/mol. The second-order valence-corrected chi connectivity index (χ2v) is 7.92. The Kier molecular flexibility index (Phi) is 6.69. The standard InChI is InChI=1S/C23H23ClN6O3/c1-3-30-14(2)25-18-13-16(9-12-19(18)30)23(32)28-27-20(31)5-4-6-21-26-22(29-33-21)15-7-10-17(24)11-8-15/h7-13H,3-6H2,1-2H3,(H,27,31)(H,28,32). The summed E-state index contributed by atoms with van der Waals surface area (Å²) in [5.41, 5.74) is 7.80. The van der Waals surface area contributed by atoms with Gasteiger partial charge in [-0.2, -0.15) is 4.98 Å². The third-order valence-electron chi connectivity index (χ3n) is 5.20. The Morgan fingerprint density at radius 3 is 2.64 bits per heavy atom. The van der Waals surface area contributed by atoms with Gasteiger partial charge in [-0.15, -0.1) is 0 Å². The minimum absolute atomic E-state index is 0.193. The van der Waals surface area contributed by atoms with Crippen LogP contribution in [-0.2, 0) is 17.8 Å². The van der Waals surface area contributed by atoms with Crippen LogP contribution in [0.15, 0.2) is 47.0 Å². The molecule has 170 valence electrons. The summed E-state index contributed by atoms with van der Waals surface area (Å²) < 4.78 is 7.31. The van der Waals surface area contributed by atoms with Crippen molar-refractivity contribution in [2.24, 2.45) is 0 Å². The Hall–Kier alpha value is -3.72. The molecule has 2 amide bonds. The van der Waals surface area contributed by atoms with E-state index in [-0.39, 0.29) is 12.3 Å². The third kappa shape index (κ3) is 5.20. The smallest absolute Gasteiger partial charge is 0.269 e. The minimum atomic E-state index is -0.404. The van der Waals surface area contributed by atoms with Gasteiger partial charge in [0.15, 0.2) is 0 Å². The topological polar surface area (TPSA) is 115 Å². The molecule has 0 aliphatic rings. The molecule has 2 heterocycles. The number of halogens is 1. The van der Waals surface area contributed by atoms with E-state index in [1.165, 1.54) is 0 Å². The van der Waals surface area contributed by atoms with Gasteiger partial charge in [0.05, 0.1) is 11.0 Å². The van der Waals surface area contributed by atoms with Gasteiger partial charge in [-0.25, -0.2) is 4.98 Å². The van der Waals surface area contributed by atoms with Crippen molar-refractivity contribution in [3.63, 3.8) is 0 Å². The maximum atomic E-state index is 12.4. The molecule has 0 radical (unpaired) electrons. The number of aromatic nitrogens is 4. The van der Waals surface area contributed by atoms with Crippen molar-refractivity contribution in [3.05, 3.63) is 64.8 Å². The van der Waals surface area contributed by atoms with Crippen molar-refractivity contribution >= 4 is 34.4 Å². The van der Waals surface area contributed by atoms with E-state index in [0.717, 1.165) is 29.0 Å². The van der Waals surface area contributed by atoms with E-state index < -0.39 is 5.91 Å². The lowest BCUT2D eigenvalue weighted by atomic mass is 10.2. The molecule has 9 nitrogen and oxygen atoms in total. The van der Waals surface area contributed by atoms with Crippen molar-refractivity contribution in [1.29, 1.82) is 0 Å². The van der Waals surface area contributed by atoms with Crippen LogP contribution in [0.4, 0.5) is 0 Å². The zero-order chi connectivity index (χ0) is 23.4. The summed E-state index contributed by atoms with van der Waals surface area (Å²) in [6.45, 7) is 4.77. The van der Waals surface area contributed by atoms with Crippen molar-refractivity contribution in [2.75, 3.05) is 0 Å². The van der Waals surface area contributed by atoms with Gasteiger partial charge in [-0.3, -0.25) is 20.4 Å². The van der Waals surface area contributed by atoms with Crippen LogP contribution in [0, 0.1) is 6.92 Å². The van der Waals surface area contributed by atoms with Gasteiger partial charge < -0.3 is 9.09 Å². The fourth-order valence-corrected chi connectivity index (χ4v) is 3.65. The predicted octanol–water partition coefficient (Wildman–Crippen LogP) is 3.85. The fourth-order valence-electron chi connectivity index (χ4n) is 3.52. The van der Waals surface area contributed by atoms with Gasteiger partial charge in [0.1, 0.15) is 5.82 Å². The molecule has 2 aromatic carbocycles. The number of hydrogen-bond acceptors (Lipinski definition) is 6. The molecule has 2 N–H and O–H groups in total. The maximum Gasteiger partial charge on any atom is 0.269 e. The highest BCUT2D eigenvalue weighted by molar-refractivity contribution is 6.30. The normalized spacial score (nSPS) is 11.0. The largest absolute Gasteiger partial charge is 0.339 e. The van der Waals surface area contributed by atoms with Gasteiger partial charge in [-0.1, -0.05) is 16.8 Å². The van der Waals surface area contributed by atoms with Crippen molar-refractivity contribution < 1.29 is 14.1 Å². The highest BCUT2D eigenvalue weighted by Gasteiger charge is 2.13. The van der Waals surface area contributed by atoms with E-state index in [0.29, 0.717) is 35.1 Å². The molecule has 0 aliphatic heterocycles. The van der Waals surface area contributed by atoms with Gasteiger partial charge in [0, 0.05) is 35.5 Å². The van der Waals surface area contributed by atoms with Crippen LogP contribution >= 0.6 is 11.6 Å². The number of aryl methyl sites for hydroxylation is 3. The number of hydrazine groups is 1. The van der Waals surface area contributed by atoms with Gasteiger partial charge in [-0.05, 0) is 62.7 Å². The number of imidazole rings is 1. The van der Waals surface area contributed by atoms with E-state index in [2.05, 4.69) is 30.5 Å². The van der Waals surface area contributed by atoms with E-state index in [9.17, 15) is 9.59 Å². The highest BCUT2D eigenvalue weighted by Crippen LogP contribution is 2.19.